The second-order valence-electron chi connectivity index (χ2n) is 6.24. The molecule has 3 N–H and O–H groups in total. The van der Waals surface area contributed by atoms with Gasteiger partial charge in [0.15, 0.2) is 0 Å². The SMILES string of the molecule is O=C(O)N1CC[C@H](Nc2cccc3c2cc(I)n3CC(F)(F)F)[C@@H](O)C1. The lowest BCUT2D eigenvalue weighted by atomic mass is 10.0. The van der Waals surface area contributed by atoms with Gasteiger partial charge in [-0.15, -0.1) is 0 Å². The molecule has 10 heteroatoms. The quantitative estimate of drug-likeness (QED) is 0.586. The fraction of sp³-hybridized carbons (Fsp3) is 0.438. The third kappa shape index (κ3) is 4.00. The molecule has 0 saturated carbocycles. The van der Waals surface area contributed by atoms with Crippen molar-refractivity contribution in [1.82, 2.24) is 9.47 Å². The molecule has 1 aliphatic heterocycles. The Labute approximate surface area is 160 Å². The monoisotopic (exact) mass is 483 g/mol. The Balaban J connectivity index is 1.85. The zero-order valence-corrected chi connectivity index (χ0v) is 15.7. The zero-order chi connectivity index (χ0) is 19.1. The molecule has 142 valence electrons. The summed E-state index contributed by atoms with van der Waals surface area (Å²) < 4.78 is 40.1. The van der Waals surface area contributed by atoms with Crippen molar-refractivity contribution < 1.29 is 28.2 Å². The fourth-order valence-electron chi connectivity index (χ4n) is 3.19. The minimum absolute atomic E-state index is 0.00437. The number of aliphatic hydroxyl groups excluding tert-OH is 1. The Morgan fingerprint density at radius 2 is 2.12 bits per heavy atom. The molecule has 26 heavy (non-hydrogen) atoms. The number of piperidine rings is 1. The number of β-amino-alcohol motifs (C(OH)–C–C–N with tert-alkyl or cyclic N) is 1. The van der Waals surface area contributed by atoms with Crippen LogP contribution < -0.4 is 5.32 Å². The molecule has 0 unspecified atom stereocenters. The average molecular weight is 483 g/mol. The molecule has 0 spiro atoms. The Morgan fingerprint density at radius 3 is 2.73 bits per heavy atom. The molecule has 1 aromatic carbocycles. The molecule has 3 rings (SSSR count). The topological polar surface area (TPSA) is 77.7 Å². The fourth-order valence-corrected chi connectivity index (χ4v) is 3.93. The second kappa shape index (κ2) is 7.14. The first-order valence-corrected chi connectivity index (χ1v) is 9.00. The molecular formula is C16H17F3IN3O3. The number of fused-ring (bicyclic) bond motifs is 1. The van der Waals surface area contributed by atoms with Gasteiger partial charge in [0, 0.05) is 17.6 Å². The van der Waals surface area contributed by atoms with Gasteiger partial charge in [0.25, 0.3) is 0 Å². The molecule has 1 aliphatic rings. The van der Waals surface area contributed by atoms with E-state index in [0.29, 0.717) is 26.7 Å². The highest BCUT2D eigenvalue weighted by Crippen LogP contribution is 2.32. The summed E-state index contributed by atoms with van der Waals surface area (Å²) in [5, 5.41) is 23.0. The van der Waals surface area contributed by atoms with Gasteiger partial charge in [0.1, 0.15) is 6.54 Å². The summed E-state index contributed by atoms with van der Waals surface area (Å²) in [6.45, 7) is -0.792. The molecule has 0 aliphatic carbocycles. The van der Waals surface area contributed by atoms with E-state index < -0.39 is 24.9 Å². The van der Waals surface area contributed by atoms with Crippen molar-refractivity contribution in [2.24, 2.45) is 0 Å². The van der Waals surface area contributed by atoms with Crippen LogP contribution in [0.3, 0.4) is 0 Å². The van der Waals surface area contributed by atoms with E-state index in [1.165, 1.54) is 4.57 Å². The molecule has 1 saturated heterocycles. The predicted molar refractivity (Wildman–Crippen MR) is 98.3 cm³/mol. The zero-order valence-electron chi connectivity index (χ0n) is 13.5. The second-order valence-corrected chi connectivity index (χ2v) is 7.35. The van der Waals surface area contributed by atoms with Crippen LogP contribution in [0.1, 0.15) is 6.42 Å². The van der Waals surface area contributed by atoms with Gasteiger partial charge in [0.2, 0.25) is 0 Å². The number of nitrogens with zero attached hydrogens (tertiary/aromatic N) is 2. The highest BCUT2D eigenvalue weighted by molar-refractivity contribution is 14.1. The van der Waals surface area contributed by atoms with Crippen LogP contribution in [0.2, 0.25) is 0 Å². The molecule has 0 radical (unpaired) electrons. The summed E-state index contributed by atoms with van der Waals surface area (Å²) in [7, 11) is 0. The standard InChI is InChI=1S/C16H17F3IN3O3/c17-16(18,19)8-23-12-3-1-2-10(9(12)6-14(23)20)21-11-4-5-22(15(25)26)7-13(11)24/h1-3,6,11,13,21,24H,4-5,7-8H2,(H,25,26)/t11-,13-/m0/s1. The first kappa shape index (κ1) is 19.1. The summed E-state index contributed by atoms with van der Waals surface area (Å²) in [5.74, 6) is 0. The molecule has 1 amide bonds. The number of aliphatic hydroxyl groups is 1. The number of benzene rings is 1. The maximum absolute atomic E-state index is 12.8. The minimum Gasteiger partial charge on any atom is -0.465 e. The van der Waals surface area contributed by atoms with Gasteiger partial charge in [-0.05, 0) is 47.2 Å². The number of rotatable bonds is 3. The third-order valence-electron chi connectivity index (χ3n) is 4.43. The molecule has 6 nitrogen and oxygen atoms in total. The number of alkyl halides is 3. The van der Waals surface area contributed by atoms with Gasteiger partial charge >= 0.3 is 12.3 Å². The summed E-state index contributed by atoms with van der Waals surface area (Å²) in [5.41, 5.74) is 1.07. The molecule has 0 bridgehead atoms. The number of hydrogen-bond donors (Lipinski definition) is 3. The lowest BCUT2D eigenvalue weighted by Crippen LogP contribution is -2.51. The number of aromatic nitrogens is 1. The smallest absolute Gasteiger partial charge is 0.407 e. The molecule has 2 aromatic rings. The van der Waals surface area contributed by atoms with Crippen LogP contribution in [0.15, 0.2) is 24.3 Å². The molecular weight excluding hydrogens is 466 g/mol. The molecule has 1 aromatic heterocycles. The van der Waals surface area contributed by atoms with Crippen LogP contribution in [0.25, 0.3) is 10.9 Å². The number of carbonyl (C=O) groups is 1. The van der Waals surface area contributed by atoms with E-state index in [-0.39, 0.29) is 19.1 Å². The van der Waals surface area contributed by atoms with Crippen LogP contribution in [0.4, 0.5) is 23.7 Å². The van der Waals surface area contributed by atoms with Crippen molar-refractivity contribution >= 4 is 45.3 Å². The van der Waals surface area contributed by atoms with Crippen molar-refractivity contribution in [3.8, 4) is 0 Å². The highest BCUT2D eigenvalue weighted by Gasteiger charge is 2.31. The van der Waals surface area contributed by atoms with Crippen LogP contribution in [-0.4, -0.2) is 57.2 Å². The lowest BCUT2D eigenvalue weighted by Gasteiger charge is -2.35. The maximum atomic E-state index is 12.8. The number of hydrogen-bond acceptors (Lipinski definition) is 3. The average Bonchev–Trinajstić information content (AvgIpc) is 2.85. The Hall–Kier alpha value is -1.69. The highest BCUT2D eigenvalue weighted by atomic mass is 127. The van der Waals surface area contributed by atoms with E-state index >= 15 is 0 Å². The van der Waals surface area contributed by atoms with Crippen molar-refractivity contribution in [2.75, 3.05) is 18.4 Å². The number of anilines is 1. The van der Waals surface area contributed by atoms with Crippen LogP contribution >= 0.6 is 22.6 Å². The number of nitrogens with one attached hydrogen (secondary N) is 1. The number of amides is 1. The minimum atomic E-state index is -4.32. The summed E-state index contributed by atoms with van der Waals surface area (Å²) >= 11 is 1.87. The van der Waals surface area contributed by atoms with Crippen molar-refractivity contribution in [3.63, 3.8) is 0 Å². The first-order valence-electron chi connectivity index (χ1n) is 7.92. The Morgan fingerprint density at radius 1 is 1.38 bits per heavy atom. The van der Waals surface area contributed by atoms with Crippen LogP contribution in [0, 0.1) is 3.70 Å². The van der Waals surface area contributed by atoms with Gasteiger partial charge in [-0.3, -0.25) is 0 Å². The van der Waals surface area contributed by atoms with E-state index in [1.807, 2.05) is 22.6 Å². The lowest BCUT2D eigenvalue weighted by molar-refractivity contribution is -0.140. The number of halogens is 4. The maximum Gasteiger partial charge on any atom is 0.407 e. The van der Waals surface area contributed by atoms with Crippen molar-refractivity contribution in [3.05, 3.63) is 28.0 Å². The van der Waals surface area contributed by atoms with E-state index in [0.717, 1.165) is 4.90 Å². The summed E-state index contributed by atoms with van der Waals surface area (Å²) in [6, 6.07) is 6.32. The first-order chi connectivity index (χ1) is 12.2. The third-order valence-corrected chi connectivity index (χ3v) is 5.32. The van der Waals surface area contributed by atoms with E-state index in [2.05, 4.69) is 5.32 Å². The summed E-state index contributed by atoms with van der Waals surface area (Å²) in [6.07, 6.45) is -5.89. The summed E-state index contributed by atoms with van der Waals surface area (Å²) in [4.78, 5) is 12.1. The Bertz CT molecular complexity index is 824. The van der Waals surface area contributed by atoms with Crippen LogP contribution in [-0.2, 0) is 6.54 Å². The van der Waals surface area contributed by atoms with Crippen molar-refractivity contribution in [2.45, 2.75) is 31.3 Å². The molecule has 1 fully saturated rings. The van der Waals surface area contributed by atoms with Gasteiger partial charge in [-0.2, -0.15) is 13.2 Å². The number of carboxylic acid groups (broad SMARTS) is 1. The number of likely N-dealkylation sites (tertiary alicyclic amines) is 1. The van der Waals surface area contributed by atoms with Gasteiger partial charge in [-0.25, -0.2) is 4.79 Å². The van der Waals surface area contributed by atoms with Gasteiger partial charge < -0.3 is 25.0 Å². The largest absolute Gasteiger partial charge is 0.465 e. The molecule has 2 heterocycles. The van der Waals surface area contributed by atoms with Crippen molar-refractivity contribution in [1.29, 1.82) is 0 Å². The van der Waals surface area contributed by atoms with Gasteiger partial charge in [0.05, 0.1) is 27.9 Å². The molecule has 2 atom stereocenters. The van der Waals surface area contributed by atoms with Gasteiger partial charge in [-0.1, -0.05) is 6.07 Å². The predicted octanol–water partition coefficient (Wildman–Crippen LogP) is 3.33. The van der Waals surface area contributed by atoms with E-state index in [4.69, 9.17) is 5.11 Å². The van der Waals surface area contributed by atoms with E-state index in [1.54, 1.807) is 24.3 Å². The van der Waals surface area contributed by atoms with E-state index in [9.17, 15) is 23.1 Å². The van der Waals surface area contributed by atoms with Crippen LogP contribution in [0.5, 0.6) is 0 Å². The Kier molecular flexibility index (Phi) is 5.24. The normalized spacial score (nSPS) is 21.2.